The number of aliphatic hydroxyl groups excluding tert-OH is 2. The van der Waals surface area contributed by atoms with Gasteiger partial charge in [0.1, 0.15) is 11.5 Å². The average Bonchev–Trinajstić information content (AvgIpc) is 3.08. The molecular formula is C40H51Cl3N2O4. The molecule has 49 heavy (non-hydrogen) atoms. The summed E-state index contributed by atoms with van der Waals surface area (Å²) >= 11 is 12.1. The van der Waals surface area contributed by atoms with E-state index in [-0.39, 0.29) is 24.5 Å². The molecule has 4 rings (SSSR count). The highest BCUT2D eigenvalue weighted by atomic mass is 35.5. The van der Waals surface area contributed by atoms with Crippen LogP contribution < -0.4 is 20.1 Å². The fourth-order valence-corrected chi connectivity index (χ4v) is 5.92. The van der Waals surface area contributed by atoms with Gasteiger partial charge in [0.2, 0.25) is 0 Å². The van der Waals surface area contributed by atoms with Crippen LogP contribution in [-0.2, 0) is 12.8 Å². The number of hydrogen-bond acceptors (Lipinski definition) is 6. The summed E-state index contributed by atoms with van der Waals surface area (Å²) < 4.78 is 11.9. The monoisotopic (exact) mass is 728 g/mol. The molecule has 4 atom stereocenters. The highest BCUT2D eigenvalue weighted by molar-refractivity contribution is 6.30. The molecule has 0 saturated heterocycles. The molecule has 0 unspecified atom stereocenters. The molecule has 0 aliphatic carbocycles. The van der Waals surface area contributed by atoms with E-state index in [9.17, 15) is 10.2 Å². The quantitative estimate of drug-likeness (QED) is 0.0642. The van der Waals surface area contributed by atoms with Crippen LogP contribution in [0.4, 0.5) is 0 Å². The largest absolute Gasteiger partial charge is 0.494 e. The van der Waals surface area contributed by atoms with Crippen LogP contribution in [0.5, 0.6) is 11.5 Å². The Labute approximate surface area is 308 Å². The zero-order valence-electron chi connectivity index (χ0n) is 28.5. The molecule has 0 heterocycles. The number of benzene rings is 4. The van der Waals surface area contributed by atoms with E-state index < -0.39 is 12.2 Å². The van der Waals surface area contributed by atoms with E-state index in [1.165, 1.54) is 11.1 Å². The molecule has 0 saturated carbocycles. The van der Waals surface area contributed by atoms with Crippen LogP contribution in [0.15, 0.2) is 97.1 Å². The van der Waals surface area contributed by atoms with Crippen LogP contribution in [0.2, 0.25) is 10.0 Å². The van der Waals surface area contributed by atoms with Crippen LogP contribution in [0.1, 0.15) is 74.0 Å². The van der Waals surface area contributed by atoms with Crippen LogP contribution >= 0.6 is 35.6 Å². The Morgan fingerprint density at radius 2 is 0.959 bits per heavy atom. The van der Waals surface area contributed by atoms with Crippen molar-refractivity contribution in [1.29, 1.82) is 0 Å². The van der Waals surface area contributed by atoms with Gasteiger partial charge in [-0.25, -0.2) is 0 Å². The number of ether oxygens (including phenoxy) is 2. The molecule has 0 radical (unpaired) electrons. The van der Waals surface area contributed by atoms with E-state index >= 15 is 0 Å². The van der Waals surface area contributed by atoms with Gasteiger partial charge in [0.25, 0.3) is 0 Å². The Morgan fingerprint density at radius 1 is 0.571 bits per heavy atom. The maximum atomic E-state index is 10.4. The minimum Gasteiger partial charge on any atom is -0.494 e. The highest BCUT2D eigenvalue weighted by Gasteiger charge is 2.12. The van der Waals surface area contributed by atoms with Crippen molar-refractivity contribution in [2.24, 2.45) is 0 Å². The Morgan fingerprint density at radius 3 is 1.33 bits per heavy atom. The lowest BCUT2D eigenvalue weighted by Crippen LogP contribution is -2.32. The number of halogens is 3. The third-order valence-corrected chi connectivity index (χ3v) is 8.76. The minimum absolute atomic E-state index is 0. The van der Waals surface area contributed by atoms with Gasteiger partial charge in [0.15, 0.2) is 0 Å². The van der Waals surface area contributed by atoms with Gasteiger partial charge < -0.3 is 30.3 Å². The lowest BCUT2D eigenvalue weighted by Gasteiger charge is -2.18. The topological polar surface area (TPSA) is 83.0 Å². The first-order chi connectivity index (χ1) is 23.2. The van der Waals surface area contributed by atoms with Crippen molar-refractivity contribution in [3.8, 4) is 11.5 Å². The standard InChI is InChI=1S/C40H50Cl2N2O4.ClH/c1-29(43-27-39(45)33-9-7-11-35(41)25-33)23-31-13-17-37(18-14-31)47-21-5-3-4-6-22-48-38-19-15-32(16-20-38)24-30(2)44-28-40(46)34-10-8-12-36(42)26-34;/h7-20,25-26,29-30,39-40,43-46H,3-6,21-24,27-28H2,1-2H3;1H/t29-,30-,39+,40+;/m1./s1. The predicted molar refractivity (Wildman–Crippen MR) is 205 cm³/mol. The first-order valence-corrected chi connectivity index (χ1v) is 17.8. The average molecular weight is 730 g/mol. The maximum Gasteiger partial charge on any atom is 0.119 e. The number of rotatable bonds is 21. The third kappa shape index (κ3) is 15.3. The van der Waals surface area contributed by atoms with Crippen LogP contribution in [0.25, 0.3) is 0 Å². The summed E-state index contributed by atoms with van der Waals surface area (Å²) in [4.78, 5) is 0. The van der Waals surface area contributed by atoms with Crippen molar-refractivity contribution >= 4 is 35.6 Å². The van der Waals surface area contributed by atoms with E-state index in [0.29, 0.717) is 36.3 Å². The number of nitrogens with one attached hydrogen (secondary N) is 2. The van der Waals surface area contributed by atoms with Crippen molar-refractivity contribution in [2.45, 2.75) is 76.7 Å². The molecule has 0 aliphatic rings. The molecule has 0 spiro atoms. The van der Waals surface area contributed by atoms with Crippen molar-refractivity contribution in [3.05, 3.63) is 129 Å². The summed E-state index contributed by atoms with van der Waals surface area (Å²) in [6.45, 7) is 6.59. The minimum atomic E-state index is -0.592. The van der Waals surface area contributed by atoms with E-state index in [1.54, 1.807) is 12.1 Å². The smallest absolute Gasteiger partial charge is 0.119 e. The highest BCUT2D eigenvalue weighted by Crippen LogP contribution is 2.20. The van der Waals surface area contributed by atoms with Crippen LogP contribution in [0, 0.1) is 0 Å². The molecule has 0 bridgehead atoms. The second kappa shape index (κ2) is 22.1. The van der Waals surface area contributed by atoms with E-state index in [2.05, 4.69) is 48.7 Å². The first-order valence-electron chi connectivity index (χ1n) is 17.0. The summed E-state index contributed by atoms with van der Waals surface area (Å²) in [6.07, 6.45) is 4.76. The Kier molecular flexibility index (Phi) is 18.3. The molecule has 4 N–H and O–H groups in total. The Balaban J connectivity index is 0.00000650. The summed E-state index contributed by atoms with van der Waals surface area (Å²) in [7, 11) is 0. The molecule has 9 heteroatoms. The summed E-state index contributed by atoms with van der Waals surface area (Å²) in [5.41, 5.74) is 4.09. The zero-order valence-corrected chi connectivity index (χ0v) is 30.8. The zero-order chi connectivity index (χ0) is 34.1. The second-order valence-electron chi connectivity index (χ2n) is 12.6. The van der Waals surface area contributed by atoms with Crippen molar-refractivity contribution in [3.63, 3.8) is 0 Å². The molecule has 0 aromatic heterocycles. The molecule has 4 aromatic carbocycles. The molecule has 0 amide bonds. The summed E-state index contributed by atoms with van der Waals surface area (Å²) in [5.74, 6) is 1.78. The fourth-order valence-electron chi connectivity index (χ4n) is 5.52. The molecule has 0 aliphatic heterocycles. The van der Waals surface area contributed by atoms with Gasteiger partial charge in [-0.2, -0.15) is 0 Å². The lowest BCUT2D eigenvalue weighted by molar-refractivity contribution is 0.170. The Hall–Kier alpha value is -2.81. The Bertz CT molecular complexity index is 1380. The van der Waals surface area contributed by atoms with Crippen molar-refractivity contribution < 1.29 is 19.7 Å². The van der Waals surface area contributed by atoms with Gasteiger partial charge in [-0.05, 0) is 123 Å². The van der Waals surface area contributed by atoms with Crippen molar-refractivity contribution in [2.75, 3.05) is 26.3 Å². The van der Waals surface area contributed by atoms with Gasteiger partial charge in [0.05, 0.1) is 25.4 Å². The molecule has 0 fully saturated rings. The van der Waals surface area contributed by atoms with Crippen molar-refractivity contribution in [1.82, 2.24) is 10.6 Å². The normalized spacial score (nSPS) is 13.6. The fraction of sp³-hybridized carbons (Fsp3) is 0.400. The van der Waals surface area contributed by atoms with Gasteiger partial charge in [-0.3, -0.25) is 0 Å². The predicted octanol–water partition coefficient (Wildman–Crippen LogP) is 8.94. The van der Waals surface area contributed by atoms with Gasteiger partial charge >= 0.3 is 0 Å². The molecule has 4 aromatic rings. The summed E-state index contributed by atoms with van der Waals surface area (Å²) in [6, 6.07) is 31.7. The van der Waals surface area contributed by atoms with Gasteiger partial charge in [-0.1, -0.05) is 71.7 Å². The van der Waals surface area contributed by atoms with E-state index in [1.807, 2.05) is 60.7 Å². The lowest BCUT2D eigenvalue weighted by atomic mass is 10.1. The molecular weight excluding hydrogens is 679 g/mol. The third-order valence-electron chi connectivity index (χ3n) is 8.29. The number of aliphatic hydroxyl groups is 2. The van der Waals surface area contributed by atoms with Gasteiger partial charge in [0, 0.05) is 35.2 Å². The SMILES string of the molecule is C[C@H](Cc1ccc(OCCCCCCOc2ccc(C[C@@H](C)NC[C@H](O)c3cccc(Cl)c3)cc2)cc1)NC[C@H](O)c1cccc(Cl)c1.Cl. The maximum absolute atomic E-state index is 10.4. The van der Waals surface area contributed by atoms with E-state index in [4.69, 9.17) is 32.7 Å². The number of hydrogen-bond donors (Lipinski definition) is 4. The first kappa shape index (κ1) is 40.6. The van der Waals surface area contributed by atoms with Crippen LogP contribution in [-0.4, -0.2) is 48.6 Å². The van der Waals surface area contributed by atoms with Crippen LogP contribution in [0.3, 0.4) is 0 Å². The molecule has 6 nitrogen and oxygen atoms in total. The number of unbranched alkanes of at least 4 members (excludes halogenated alkanes) is 3. The summed E-state index contributed by atoms with van der Waals surface area (Å²) in [5, 5.41) is 29.0. The second-order valence-corrected chi connectivity index (χ2v) is 13.4. The molecule has 266 valence electrons. The van der Waals surface area contributed by atoms with E-state index in [0.717, 1.165) is 61.2 Å². The van der Waals surface area contributed by atoms with Gasteiger partial charge in [-0.15, -0.1) is 12.4 Å².